The van der Waals surface area contributed by atoms with Gasteiger partial charge in [0, 0.05) is 47.1 Å². The van der Waals surface area contributed by atoms with Crippen LogP contribution in [0.2, 0.25) is 10.0 Å². The van der Waals surface area contributed by atoms with Crippen LogP contribution < -0.4 is 15.5 Å². The van der Waals surface area contributed by atoms with Crippen LogP contribution in [-0.4, -0.2) is 61.0 Å². The van der Waals surface area contributed by atoms with E-state index in [1.54, 1.807) is 60.4 Å². The minimum Gasteiger partial charge on any atom is -0.465 e. The SMILES string of the molecule is CCOC(=O)CNc1ccc(N2CC[C@H]3[C@@H](C2=O)[C@H](c2cccc(Cl)c2F)C(C(=O)Nc2cccc(Cl)c2)N3CC2CC2)cc1. The van der Waals surface area contributed by atoms with Gasteiger partial charge in [-0.2, -0.15) is 0 Å². The highest BCUT2D eigenvalue weighted by Gasteiger charge is 2.58. The van der Waals surface area contributed by atoms with E-state index in [4.69, 9.17) is 27.9 Å². The van der Waals surface area contributed by atoms with Gasteiger partial charge in [0.05, 0.1) is 23.6 Å². The molecular weight excluding hydrogens is 618 g/mol. The van der Waals surface area contributed by atoms with Crippen molar-refractivity contribution in [2.45, 2.75) is 44.2 Å². The summed E-state index contributed by atoms with van der Waals surface area (Å²) in [5, 5.41) is 6.45. The summed E-state index contributed by atoms with van der Waals surface area (Å²) >= 11 is 12.5. The molecule has 236 valence electrons. The third kappa shape index (κ3) is 6.66. The van der Waals surface area contributed by atoms with Crippen molar-refractivity contribution < 1.29 is 23.5 Å². The summed E-state index contributed by atoms with van der Waals surface area (Å²) in [6, 6.07) is 17.9. The number of ether oxygens (including phenoxy) is 1. The number of piperidine rings is 1. The number of anilines is 3. The lowest BCUT2D eigenvalue weighted by atomic mass is 9.78. The standard InChI is InChI=1S/C34H35Cl2FN4O4/c1-2-45-28(42)18-38-22-11-13-24(14-12-22)40-16-15-27-30(34(40)44)29(25-7-4-8-26(36)31(25)37)32(41(27)19-20-9-10-20)33(43)39-23-6-3-5-21(35)17-23/h3-8,11-14,17,20,27,29-30,32,38H,2,9-10,15-16,18-19H2,1H3,(H,39,43)/t27-,29-,30+,32?/m0/s1. The summed E-state index contributed by atoms with van der Waals surface area (Å²) in [6.07, 6.45) is 2.73. The Morgan fingerprint density at radius 3 is 2.44 bits per heavy atom. The normalized spacial score (nSPS) is 23.0. The number of carbonyl (C=O) groups excluding carboxylic acids is 3. The highest BCUT2D eigenvalue weighted by atomic mass is 35.5. The van der Waals surface area contributed by atoms with Gasteiger partial charge in [-0.1, -0.05) is 41.4 Å². The Bertz CT molecular complexity index is 1580. The predicted molar refractivity (Wildman–Crippen MR) is 173 cm³/mol. The van der Waals surface area contributed by atoms with Gasteiger partial charge in [0.15, 0.2) is 0 Å². The molecule has 1 unspecified atom stereocenters. The number of nitrogens with one attached hydrogen (secondary N) is 2. The summed E-state index contributed by atoms with van der Waals surface area (Å²) < 4.78 is 20.8. The van der Waals surface area contributed by atoms with E-state index in [0.29, 0.717) is 54.1 Å². The van der Waals surface area contributed by atoms with Gasteiger partial charge in [0.25, 0.3) is 0 Å². The predicted octanol–water partition coefficient (Wildman–Crippen LogP) is 6.35. The molecule has 2 amide bonds. The molecule has 4 atom stereocenters. The number of benzene rings is 3. The van der Waals surface area contributed by atoms with Crippen molar-refractivity contribution in [3.8, 4) is 0 Å². The number of esters is 1. The second-order valence-electron chi connectivity index (χ2n) is 11.8. The Hall–Kier alpha value is -3.66. The number of hydrogen-bond acceptors (Lipinski definition) is 6. The van der Waals surface area contributed by atoms with Crippen LogP contribution in [0.3, 0.4) is 0 Å². The fourth-order valence-electron chi connectivity index (χ4n) is 6.76. The van der Waals surface area contributed by atoms with Crippen LogP contribution in [0.1, 0.15) is 37.7 Å². The number of likely N-dealkylation sites (tertiary alicyclic amines) is 1. The van der Waals surface area contributed by atoms with Crippen molar-refractivity contribution in [1.29, 1.82) is 0 Å². The molecule has 1 aliphatic carbocycles. The van der Waals surface area contributed by atoms with Crippen molar-refractivity contribution in [2.24, 2.45) is 11.8 Å². The largest absolute Gasteiger partial charge is 0.465 e. The average molecular weight is 654 g/mol. The molecule has 0 aromatic heterocycles. The van der Waals surface area contributed by atoms with Gasteiger partial charge in [-0.15, -0.1) is 0 Å². The zero-order valence-electron chi connectivity index (χ0n) is 24.8. The first kappa shape index (κ1) is 31.3. The molecule has 2 N–H and O–H groups in total. The molecule has 0 bridgehead atoms. The summed E-state index contributed by atoms with van der Waals surface area (Å²) in [6.45, 7) is 3.19. The van der Waals surface area contributed by atoms with Gasteiger partial charge in [-0.25, -0.2) is 4.39 Å². The molecule has 2 saturated heterocycles. The molecule has 11 heteroatoms. The van der Waals surface area contributed by atoms with E-state index in [1.165, 1.54) is 6.07 Å². The fraction of sp³-hybridized carbons (Fsp3) is 0.382. The minimum absolute atomic E-state index is 0.0297. The maximum Gasteiger partial charge on any atom is 0.325 e. The highest BCUT2D eigenvalue weighted by Crippen LogP contribution is 2.50. The molecule has 2 aliphatic heterocycles. The maximum atomic E-state index is 15.8. The number of halogens is 3. The first-order valence-electron chi connectivity index (χ1n) is 15.3. The first-order chi connectivity index (χ1) is 21.7. The number of fused-ring (bicyclic) bond motifs is 1. The Morgan fingerprint density at radius 1 is 0.978 bits per heavy atom. The molecule has 1 saturated carbocycles. The number of carbonyl (C=O) groups is 3. The summed E-state index contributed by atoms with van der Waals surface area (Å²) in [5.41, 5.74) is 2.19. The maximum absolute atomic E-state index is 15.8. The van der Waals surface area contributed by atoms with Crippen LogP contribution in [0.4, 0.5) is 21.5 Å². The van der Waals surface area contributed by atoms with Crippen LogP contribution in [0.25, 0.3) is 0 Å². The van der Waals surface area contributed by atoms with Crippen LogP contribution in [0, 0.1) is 17.7 Å². The van der Waals surface area contributed by atoms with Gasteiger partial charge >= 0.3 is 5.97 Å². The number of nitrogens with zero attached hydrogens (tertiary/aromatic N) is 2. The van der Waals surface area contributed by atoms with Crippen molar-refractivity contribution in [1.82, 2.24) is 4.90 Å². The molecule has 3 aromatic rings. The number of hydrogen-bond donors (Lipinski definition) is 2. The van der Waals surface area contributed by atoms with Crippen molar-refractivity contribution >= 4 is 58.0 Å². The van der Waals surface area contributed by atoms with E-state index in [-0.39, 0.29) is 41.0 Å². The molecule has 45 heavy (non-hydrogen) atoms. The van der Waals surface area contributed by atoms with E-state index in [1.807, 2.05) is 12.1 Å². The van der Waals surface area contributed by atoms with E-state index in [0.717, 1.165) is 12.8 Å². The molecule has 3 aliphatic rings. The fourth-order valence-corrected chi connectivity index (χ4v) is 7.13. The zero-order chi connectivity index (χ0) is 31.7. The van der Waals surface area contributed by atoms with Crippen LogP contribution >= 0.6 is 23.2 Å². The van der Waals surface area contributed by atoms with Crippen LogP contribution in [-0.2, 0) is 19.1 Å². The Labute approximate surface area is 271 Å². The molecule has 3 aromatic carbocycles. The third-order valence-electron chi connectivity index (χ3n) is 8.91. The van der Waals surface area contributed by atoms with Crippen LogP contribution in [0.15, 0.2) is 66.7 Å². The first-order valence-corrected chi connectivity index (χ1v) is 16.1. The second kappa shape index (κ2) is 13.4. The van der Waals surface area contributed by atoms with Gasteiger partial charge in [-0.05, 0) is 86.2 Å². The third-order valence-corrected chi connectivity index (χ3v) is 9.44. The minimum atomic E-state index is -0.800. The van der Waals surface area contributed by atoms with E-state index in [2.05, 4.69) is 15.5 Å². The summed E-state index contributed by atoms with van der Waals surface area (Å²) in [4.78, 5) is 44.3. The van der Waals surface area contributed by atoms with Crippen molar-refractivity contribution in [2.75, 3.05) is 41.8 Å². The summed E-state index contributed by atoms with van der Waals surface area (Å²) in [7, 11) is 0. The Balaban J connectivity index is 1.34. The van der Waals surface area contributed by atoms with Gasteiger partial charge in [0.2, 0.25) is 11.8 Å². The summed E-state index contributed by atoms with van der Waals surface area (Å²) in [5.74, 6) is -2.47. The average Bonchev–Trinajstić information content (AvgIpc) is 3.78. The Morgan fingerprint density at radius 2 is 1.73 bits per heavy atom. The molecule has 3 fully saturated rings. The molecule has 6 rings (SSSR count). The number of rotatable bonds is 10. The van der Waals surface area contributed by atoms with E-state index >= 15 is 4.39 Å². The van der Waals surface area contributed by atoms with E-state index < -0.39 is 23.7 Å². The Kier molecular flexibility index (Phi) is 9.31. The molecule has 0 radical (unpaired) electrons. The lowest BCUT2D eigenvalue weighted by Gasteiger charge is -2.38. The van der Waals surface area contributed by atoms with Gasteiger partial charge < -0.3 is 20.3 Å². The molecule has 8 nitrogen and oxygen atoms in total. The quantitative estimate of drug-likeness (QED) is 0.248. The highest BCUT2D eigenvalue weighted by molar-refractivity contribution is 6.31. The van der Waals surface area contributed by atoms with Gasteiger partial charge in [-0.3, -0.25) is 19.3 Å². The van der Waals surface area contributed by atoms with E-state index in [9.17, 15) is 14.4 Å². The monoisotopic (exact) mass is 652 g/mol. The smallest absolute Gasteiger partial charge is 0.325 e. The molecule has 0 spiro atoms. The van der Waals surface area contributed by atoms with Crippen molar-refractivity contribution in [3.05, 3.63) is 88.2 Å². The lowest BCUT2D eigenvalue weighted by molar-refractivity contribution is -0.141. The zero-order valence-corrected chi connectivity index (χ0v) is 26.4. The molecular formula is C34H35Cl2FN4O4. The topological polar surface area (TPSA) is 91.0 Å². The lowest BCUT2D eigenvalue weighted by Crippen LogP contribution is -2.51. The molecule has 2 heterocycles. The van der Waals surface area contributed by atoms with Gasteiger partial charge in [0.1, 0.15) is 12.4 Å². The second-order valence-corrected chi connectivity index (χ2v) is 12.7. The van der Waals surface area contributed by atoms with Crippen molar-refractivity contribution in [3.63, 3.8) is 0 Å². The number of amides is 2. The van der Waals surface area contributed by atoms with Crippen LogP contribution in [0.5, 0.6) is 0 Å².